The van der Waals surface area contributed by atoms with E-state index in [9.17, 15) is 9.18 Å². The Hall–Kier alpha value is -4.85. The van der Waals surface area contributed by atoms with Crippen LogP contribution >= 0.6 is 0 Å². The topological polar surface area (TPSA) is 81.4 Å². The van der Waals surface area contributed by atoms with Gasteiger partial charge in [-0.05, 0) is 55.5 Å². The van der Waals surface area contributed by atoms with E-state index in [1.54, 1.807) is 42.2 Å². The summed E-state index contributed by atoms with van der Waals surface area (Å²) in [5.74, 6) is -0.237. The smallest absolute Gasteiger partial charge is 0.280 e. The van der Waals surface area contributed by atoms with Crippen LogP contribution < -0.4 is 10.2 Å². The Labute approximate surface area is 206 Å². The second-order valence-corrected chi connectivity index (χ2v) is 8.05. The average molecular weight is 480 g/mol. The lowest BCUT2D eigenvalue weighted by atomic mass is 10.1. The molecular weight excluding hydrogens is 457 g/mol. The summed E-state index contributed by atoms with van der Waals surface area (Å²) >= 11 is 0. The lowest BCUT2D eigenvalue weighted by molar-refractivity contribution is -0.127. The van der Waals surface area contributed by atoms with Crippen molar-refractivity contribution in [2.24, 2.45) is 5.10 Å². The van der Waals surface area contributed by atoms with Crippen molar-refractivity contribution >= 4 is 23.0 Å². The lowest BCUT2D eigenvalue weighted by Crippen LogP contribution is -2.33. The first-order valence-corrected chi connectivity index (χ1v) is 11.3. The Kier molecular flexibility index (Phi) is 6.48. The van der Waals surface area contributed by atoms with Gasteiger partial charge in [0.1, 0.15) is 22.8 Å². The maximum Gasteiger partial charge on any atom is 0.280 e. The summed E-state index contributed by atoms with van der Waals surface area (Å²) in [5, 5.41) is 9.71. The monoisotopic (exact) mass is 479 g/mol. The number of carbonyl (C=O) groups excluding carboxylic acids is 1. The van der Waals surface area contributed by atoms with Gasteiger partial charge in [0, 0.05) is 28.9 Å². The predicted molar refractivity (Wildman–Crippen MR) is 137 cm³/mol. The first kappa shape index (κ1) is 22.9. The molecule has 2 aromatic heterocycles. The normalized spacial score (nSPS) is 12.1. The fourth-order valence-corrected chi connectivity index (χ4v) is 3.70. The van der Waals surface area contributed by atoms with Crippen LogP contribution in [0.25, 0.3) is 27.8 Å². The first-order chi connectivity index (χ1) is 17.6. The summed E-state index contributed by atoms with van der Waals surface area (Å²) in [4.78, 5) is 17.0. The molecule has 1 amide bonds. The van der Waals surface area contributed by atoms with E-state index in [2.05, 4.69) is 20.6 Å². The van der Waals surface area contributed by atoms with Crippen LogP contribution in [0.2, 0.25) is 0 Å². The van der Waals surface area contributed by atoms with Gasteiger partial charge in [0.05, 0.1) is 11.9 Å². The highest BCUT2D eigenvalue weighted by atomic mass is 19.1. The number of ether oxygens (including phenoxy) is 1. The predicted octanol–water partition coefficient (Wildman–Crippen LogP) is 5.14. The van der Waals surface area contributed by atoms with Gasteiger partial charge in [0.15, 0.2) is 6.10 Å². The minimum Gasteiger partial charge on any atom is -0.479 e. The molecule has 5 aromatic rings. The van der Waals surface area contributed by atoms with Gasteiger partial charge < -0.3 is 4.74 Å². The van der Waals surface area contributed by atoms with Crippen LogP contribution in [-0.2, 0) is 4.79 Å². The SMILES string of the molecule is C[C@H](Oc1cccc2cccnc12)C(=O)N/N=C\c1cn(-c2ccccc2)nc1-c1ccc(F)cc1. The largest absolute Gasteiger partial charge is 0.479 e. The van der Waals surface area contributed by atoms with Crippen LogP contribution in [0.4, 0.5) is 4.39 Å². The quantitative estimate of drug-likeness (QED) is 0.259. The molecule has 36 heavy (non-hydrogen) atoms. The highest BCUT2D eigenvalue weighted by molar-refractivity contribution is 5.90. The molecule has 0 unspecified atom stereocenters. The molecule has 178 valence electrons. The molecule has 0 saturated heterocycles. The van der Waals surface area contributed by atoms with E-state index < -0.39 is 12.0 Å². The molecule has 8 heteroatoms. The van der Waals surface area contributed by atoms with E-state index in [-0.39, 0.29) is 5.82 Å². The number of hydrazone groups is 1. The number of carbonyl (C=O) groups is 1. The third-order valence-electron chi connectivity index (χ3n) is 5.53. The molecule has 0 aliphatic heterocycles. The zero-order chi connectivity index (χ0) is 24.9. The van der Waals surface area contributed by atoms with Gasteiger partial charge in [0.2, 0.25) is 0 Å². The van der Waals surface area contributed by atoms with Gasteiger partial charge in [0.25, 0.3) is 5.91 Å². The van der Waals surface area contributed by atoms with Crippen LogP contribution in [0.5, 0.6) is 5.75 Å². The van der Waals surface area contributed by atoms with Gasteiger partial charge in [-0.25, -0.2) is 14.5 Å². The molecule has 2 heterocycles. The Bertz CT molecular complexity index is 1530. The number of benzene rings is 3. The fourth-order valence-electron chi connectivity index (χ4n) is 3.70. The molecule has 0 saturated carbocycles. The van der Waals surface area contributed by atoms with E-state index in [1.165, 1.54) is 18.3 Å². The summed E-state index contributed by atoms with van der Waals surface area (Å²) in [5.41, 5.74) is 6.03. The van der Waals surface area contributed by atoms with E-state index >= 15 is 0 Å². The fraction of sp³-hybridized carbons (Fsp3) is 0.0714. The van der Waals surface area contributed by atoms with Crippen molar-refractivity contribution in [1.82, 2.24) is 20.2 Å². The molecule has 5 rings (SSSR count). The molecule has 0 aliphatic carbocycles. The number of halogens is 1. The summed E-state index contributed by atoms with van der Waals surface area (Å²) in [7, 11) is 0. The van der Waals surface area contributed by atoms with E-state index in [1.807, 2.05) is 54.6 Å². The molecule has 0 radical (unpaired) electrons. The Morgan fingerprint density at radius 3 is 2.61 bits per heavy atom. The van der Waals surface area contributed by atoms with E-state index in [0.717, 1.165) is 16.6 Å². The number of nitrogens with one attached hydrogen (secondary N) is 1. The second kappa shape index (κ2) is 10.2. The van der Waals surface area contributed by atoms with Crippen LogP contribution in [0.3, 0.4) is 0 Å². The Morgan fingerprint density at radius 1 is 1.03 bits per heavy atom. The van der Waals surface area contributed by atoms with Crippen molar-refractivity contribution in [1.29, 1.82) is 0 Å². The summed E-state index contributed by atoms with van der Waals surface area (Å²) in [6, 6.07) is 25.0. The third-order valence-corrected chi connectivity index (χ3v) is 5.53. The summed E-state index contributed by atoms with van der Waals surface area (Å²) in [6.07, 6.45) is 4.18. The Morgan fingerprint density at radius 2 is 1.81 bits per heavy atom. The van der Waals surface area contributed by atoms with Gasteiger partial charge >= 0.3 is 0 Å². The van der Waals surface area contributed by atoms with Crippen molar-refractivity contribution in [3.8, 4) is 22.7 Å². The number of fused-ring (bicyclic) bond motifs is 1. The minimum absolute atomic E-state index is 0.334. The molecule has 1 atom stereocenters. The minimum atomic E-state index is -0.807. The van der Waals surface area contributed by atoms with E-state index in [4.69, 9.17) is 4.74 Å². The molecule has 0 bridgehead atoms. The standard InChI is InChI=1S/C28H22FN5O2/c1-19(36-25-11-5-7-20-8-6-16-30-27(20)25)28(35)32-31-17-22-18-34(24-9-3-2-4-10-24)33-26(22)21-12-14-23(29)15-13-21/h2-19H,1H3,(H,32,35)/b31-17-/t19-/m0/s1. The zero-order valence-electron chi connectivity index (χ0n) is 19.4. The number of amides is 1. The van der Waals surface area contributed by atoms with Crippen molar-refractivity contribution in [2.45, 2.75) is 13.0 Å². The number of aromatic nitrogens is 3. The van der Waals surface area contributed by atoms with Crippen LogP contribution in [0, 0.1) is 5.82 Å². The van der Waals surface area contributed by atoms with Gasteiger partial charge in [-0.1, -0.05) is 36.4 Å². The highest BCUT2D eigenvalue weighted by Crippen LogP contribution is 2.25. The van der Waals surface area contributed by atoms with Crippen LogP contribution in [-0.4, -0.2) is 33.0 Å². The first-order valence-electron chi connectivity index (χ1n) is 11.3. The summed E-state index contributed by atoms with van der Waals surface area (Å²) < 4.78 is 21.0. The number of hydrogen-bond acceptors (Lipinski definition) is 5. The third kappa shape index (κ3) is 4.97. The molecule has 0 fully saturated rings. The molecule has 0 spiro atoms. The second-order valence-electron chi connectivity index (χ2n) is 8.05. The average Bonchev–Trinajstić information content (AvgIpc) is 3.34. The van der Waals surface area contributed by atoms with Crippen molar-refractivity contribution in [3.05, 3.63) is 109 Å². The van der Waals surface area contributed by atoms with Crippen LogP contribution in [0.15, 0.2) is 102 Å². The van der Waals surface area contributed by atoms with Crippen molar-refractivity contribution in [3.63, 3.8) is 0 Å². The lowest BCUT2D eigenvalue weighted by Gasteiger charge is -2.14. The maximum atomic E-state index is 13.5. The number of rotatable bonds is 7. The number of para-hydroxylation sites is 2. The molecular formula is C28H22FN5O2. The number of hydrogen-bond donors (Lipinski definition) is 1. The van der Waals surface area contributed by atoms with Crippen molar-refractivity contribution in [2.75, 3.05) is 0 Å². The zero-order valence-corrected chi connectivity index (χ0v) is 19.4. The maximum absolute atomic E-state index is 13.5. The number of nitrogens with zero attached hydrogens (tertiary/aromatic N) is 4. The summed E-state index contributed by atoms with van der Waals surface area (Å²) in [6.45, 7) is 1.64. The highest BCUT2D eigenvalue weighted by Gasteiger charge is 2.16. The molecule has 3 aromatic carbocycles. The number of pyridine rings is 1. The van der Waals surface area contributed by atoms with Crippen molar-refractivity contribution < 1.29 is 13.9 Å². The molecule has 7 nitrogen and oxygen atoms in total. The van der Waals surface area contributed by atoms with Gasteiger partial charge in [-0.3, -0.25) is 9.78 Å². The van der Waals surface area contributed by atoms with Gasteiger partial charge in [-0.2, -0.15) is 10.2 Å². The van der Waals surface area contributed by atoms with Crippen LogP contribution in [0.1, 0.15) is 12.5 Å². The van der Waals surface area contributed by atoms with Gasteiger partial charge in [-0.15, -0.1) is 0 Å². The van der Waals surface area contributed by atoms with E-state index in [0.29, 0.717) is 22.5 Å². The molecule has 0 aliphatic rings. The molecule has 1 N–H and O–H groups in total. The Balaban J connectivity index is 1.34.